The predicted octanol–water partition coefficient (Wildman–Crippen LogP) is 2.11. The Kier molecular flexibility index (Phi) is 4.19. The second-order valence-corrected chi connectivity index (χ2v) is 4.09. The molecule has 1 unspecified atom stereocenters. The fraction of sp³-hybridized carbons (Fsp3) is 0.308. The molecule has 1 aromatic heterocycles. The zero-order chi connectivity index (χ0) is 14.7. The van der Waals surface area contributed by atoms with Crippen molar-refractivity contribution >= 4 is 0 Å². The number of ether oxygens (including phenoxy) is 2. The van der Waals surface area contributed by atoms with Gasteiger partial charge < -0.3 is 19.1 Å². The van der Waals surface area contributed by atoms with E-state index in [2.05, 4.69) is 9.72 Å². The summed E-state index contributed by atoms with van der Waals surface area (Å²) < 4.78 is 35.7. The quantitative estimate of drug-likeness (QED) is 0.913. The van der Waals surface area contributed by atoms with Crippen LogP contribution in [0.3, 0.4) is 0 Å². The summed E-state index contributed by atoms with van der Waals surface area (Å²) in [5.41, 5.74) is 0.385. The minimum Gasteiger partial charge on any atom is -0.493 e. The average molecular weight is 284 g/mol. The number of aryl methyl sites for hydroxylation is 1. The molecule has 0 aliphatic carbocycles. The van der Waals surface area contributed by atoms with E-state index in [0.717, 1.165) is 0 Å². The van der Waals surface area contributed by atoms with E-state index < -0.39 is 12.7 Å². The van der Waals surface area contributed by atoms with Gasteiger partial charge in [-0.3, -0.25) is 0 Å². The first-order chi connectivity index (χ1) is 9.52. The molecule has 0 aliphatic heterocycles. The van der Waals surface area contributed by atoms with Crippen molar-refractivity contribution in [3.63, 3.8) is 0 Å². The number of methoxy groups -OCH3 is 1. The topological polar surface area (TPSA) is 56.5 Å². The van der Waals surface area contributed by atoms with Gasteiger partial charge in [0, 0.05) is 19.4 Å². The minimum atomic E-state index is -2.97. The lowest BCUT2D eigenvalue weighted by molar-refractivity contribution is -0.0513. The number of nitrogens with zero attached hydrogens (tertiary/aromatic N) is 2. The van der Waals surface area contributed by atoms with Crippen LogP contribution in [-0.4, -0.2) is 28.4 Å². The van der Waals surface area contributed by atoms with Gasteiger partial charge in [-0.1, -0.05) is 6.07 Å². The van der Waals surface area contributed by atoms with Crippen LogP contribution < -0.4 is 9.47 Å². The van der Waals surface area contributed by atoms with Gasteiger partial charge in [0.15, 0.2) is 11.5 Å². The Labute approximate surface area is 114 Å². The monoisotopic (exact) mass is 284 g/mol. The van der Waals surface area contributed by atoms with E-state index in [-0.39, 0.29) is 11.5 Å². The molecule has 7 heteroatoms. The highest BCUT2D eigenvalue weighted by Crippen LogP contribution is 2.32. The van der Waals surface area contributed by atoms with Gasteiger partial charge >= 0.3 is 6.61 Å². The molecule has 1 N–H and O–H groups in total. The van der Waals surface area contributed by atoms with Gasteiger partial charge in [-0.15, -0.1) is 0 Å². The van der Waals surface area contributed by atoms with E-state index in [4.69, 9.17) is 4.74 Å². The van der Waals surface area contributed by atoms with E-state index in [1.165, 1.54) is 19.2 Å². The highest BCUT2D eigenvalue weighted by molar-refractivity contribution is 5.44. The first kappa shape index (κ1) is 14.3. The van der Waals surface area contributed by atoms with E-state index in [1.54, 1.807) is 30.1 Å². The maximum atomic E-state index is 12.4. The number of halogens is 2. The first-order valence-corrected chi connectivity index (χ1v) is 5.81. The lowest BCUT2D eigenvalue weighted by Crippen LogP contribution is -2.08. The van der Waals surface area contributed by atoms with Crippen molar-refractivity contribution in [1.82, 2.24) is 9.55 Å². The van der Waals surface area contributed by atoms with E-state index in [9.17, 15) is 13.9 Å². The zero-order valence-electron chi connectivity index (χ0n) is 11.0. The third-order valence-corrected chi connectivity index (χ3v) is 2.82. The van der Waals surface area contributed by atoms with Crippen LogP contribution in [0.25, 0.3) is 0 Å². The number of imidazole rings is 1. The Morgan fingerprint density at radius 3 is 2.60 bits per heavy atom. The van der Waals surface area contributed by atoms with Gasteiger partial charge in [0.1, 0.15) is 11.9 Å². The molecule has 0 saturated carbocycles. The molecule has 1 heterocycles. The van der Waals surface area contributed by atoms with E-state index in [0.29, 0.717) is 11.4 Å². The summed E-state index contributed by atoms with van der Waals surface area (Å²) in [4.78, 5) is 4.02. The molecule has 0 aliphatic rings. The first-order valence-electron chi connectivity index (χ1n) is 5.81. The molecular weight excluding hydrogens is 270 g/mol. The van der Waals surface area contributed by atoms with Crippen LogP contribution in [0.15, 0.2) is 30.6 Å². The lowest BCUT2D eigenvalue weighted by Gasteiger charge is -2.15. The predicted molar refractivity (Wildman–Crippen MR) is 66.9 cm³/mol. The maximum Gasteiger partial charge on any atom is 0.387 e. The van der Waals surface area contributed by atoms with Crippen molar-refractivity contribution in [2.24, 2.45) is 7.05 Å². The number of benzene rings is 1. The second kappa shape index (κ2) is 5.87. The molecule has 5 nitrogen and oxygen atoms in total. The zero-order valence-corrected chi connectivity index (χ0v) is 11.0. The summed E-state index contributed by atoms with van der Waals surface area (Å²) in [7, 11) is 3.08. The highest BCUT2D eigenvalue weighted by atomic mass is 19.3. The van der Waals surface area contributed by atoms with Gasteiger partial charge in [0.25, 0.3) is 0 Å². The highest BCUT2D eigenvalue weighted by Gasteiger charge is 2.18. The fourth-order valence-corrected chi connectivity index (χ4v) is 1.84. The third kappa shape index (κ3) is 2.88. The van der Waals surface area contributed by atoms with Crippen molar-refractivity contribution in [1.29, 1.82) is 0 Å². The Bertz CT molecular complexity index is 587. The second-order valence-electron chi connectivity index (χ2n) is 4.09. The van der Waals surface area contributed by atoms with Crippen LogP contribution in [0.5, 0.6) is 11.5 Å². The number of rotatable bonds is 5. The SMILES string of the molecule is COc1ccc(C(O)c2nccn2C)cc1OC(F)F. The molecule has 0 fully saturated rings. The molecule has 0 saturated heterocycles. The Hall–Kier alpha value is -2.15. The molecule has 2 rings (SSSR count). The van der Waals surface area contributed by atoms with Gasteiger partial charge in [0.05, 0.1) is 7.11 Å². The van der Waals surface area contributed by atoms with Crippen molar-refractivity contribution in [2.45, 2.75) is 12.7 Å². The van der Waals surface area contributed by atoms with Crippen LogP contribution >= 0.6 is 0 Å². The minimum absolute atomic E-state index is 0.131. The third-order valence-electron chi connectivity index (χ3n) is 2.82. The molecule has 20 heavy (non-hydrogen) atoms. The average Bonchev–Trinajstić information content (AvgIpc) is 2.83. The summed E-state index contributed by atoms with van der Waals surface area (Å²) in [6.45, 7) is -2.97. The Morgan fingerprint density at radius 2 is 2.05 bits per heavy atom. The van der Waals surface area contributed by atoms with Gasteiger partial charge in [-0.05, 0) is 17.7 Å². The molecule has 0 radical (unpaired) electrons. The number of aromatic nitrogens is 2. The lowest BCUT2D eigenvalue weighted by atomic mass is 10.1. The molecule has 108 valence electrons. The summed E-state index contributed by atoms with van der Waals surface area (Å²) >= 11 is 0. The van der Waals surface area contributed by atoms with Crippen LogP contribution in [-0.2, 0) is 7.05 Å². The Balaban J connectivity index is 2.35. The standard InChI is InChI=1S/C13H14F2N2O3/c1-17-6-5-16-12(17)11(18)8-3-4-9(19-2)10(7-8)20-13(14)15/h3-7,11,13,18H,1-2H3. The molecule has 1 aromatic carbocycles. The van der Waals surface area contributed by atoms with Crippen LogP contribution in [0.4, 0.5) is 8.78 Å². The van der Waals surface area contributed by atoms with Gasteiger partial charge in [-0.25, -0.2) is 4.98 Å². The maximum absolute atomic E-state index is 12.4. The smallest absolute Gasteiger partial charge is 0.387 e. The van der Waals surface area contributed by atoms with Crippen molar-refractivity contribution < 1.29 is 23.4 Å². The molecule has 0 amide bonds. The molecule has 0 bridgehead atoms. The van der Waals surface area contributed by atoms with Crippen molar-refractivity contribution in [3.05, 3.63) is 42.0 Å². The normalized spacial score (nSPS) is 12.5. The largest absolute Gasteiger partial charge is 0.493 e. The van der Waals surface area contributed by atoms with Crippen LogP contribution in [0.1, 0.15) is 17.5 Å². The number of aliphatic hydroxyl groups is 1. The van der Waals surface area contributed by atoms with E-state index >= 15 is 0 Å². The molecular formula is C13H14F2N2O3. The number of hydrogen-bond donors (Lipinski definition) is 1. The summed E-state index contributed by atoms with van der Waals surface area (Å²) in [5.74, 6) is 0.438. The summed E-state index contributed by atoms with van der Waals surface area (Å²) in [6, 6.07) is 4.33. The van der Waals surface area contributed by atoms with Gasteiger partial charge in [0.2, 0.25) is 0 Å². The number of aliphatic hydroxyl groups excluding tert-OH is 1. The molecule has 0 spiro atoms. The molecule has 1 atom stereocenters. The summed E-state index contributed by atoms with van der Waals surface area (Å²) in [6.07, 6.45) is 2.18. The van der Waals surface area contributed by atoms with Crippen LogP contribution in [0.2, 0.25) is 0 Å². The fourth-order valence-electron chi connectivity index (χ4n) is 1.84. The number of hydrogen-bond acceptors (Lipinski definition) is 4. The van der Waals surface area contributed by atoms with Crippen LogP contribution in [0, 0.1) is 0 Å². The van der Waals surface area contributed by atoms with E-state index in [1.807, 2.05) is 0 Å². The van der Waals surface area contributed by atoms with Crippen molar-refractivity contribution in [3.8, 4) is 11.5 Å². The van der Waals surface area contributed by atoms with Gasteiger partial charge in [-0.2, -0.15) is 8.78 Å². The molecule has 2 aromatic rings. The Morgan fingerprint density at radius 1 is 1.30 bits per heavy atom. The van der Waals surface area contributed by atoms with Crippen molar-refractivity contribution in [2.75, 3.05) is 7.11 Å². The summed E-state index contributed by atoms with van der Waals surface area (Å²) in [5, 5.41) is 10.2. The number of alkyl halides is 2.